The number of alkyl halides is 3. The molecule has 0 saturated carbocycles. The Hall–Kier alpha value is -2.99. The van der Waals surface area contributed by atoms with Gasteiger partial charge in [0, 0.05) is 37.9 Å². The second kappa shape index (κ2) is 8.41. The Morgan fingerprint density at radius 2 is 1.48 bits per heavy atom. The zero-order valence-corrected chi connectivity index (χ0v) is 19.2. The average molecular weight is 481 g/mol. The maximum absolute atomic E-state index is 12.9. The molecule has 0 aliphatic carbocycles. The van der Waals surface area contributed by atoms with Gasteiger partial charge in [-0.2, -0.15) is 22.6 Å². The van der Waals surface area contributed by atoms with Crippen molar-refractivity contribution in [3.63, 3.8) is 0 Å². The molecule has 1 aliphatic rings. The van der Waals surface area contributed by atoms with Crippen molar-refractivity contribution in [3.8, 4) is 5.82 Å². The van der Waals surface area contributed by atoms with E-state index in [1.54, 1.807) is 11.6 Å². The maximum atomic E-state index is 12.9. The van der Waals surface area contributed by atoms with Crippen LogP contribution in [0.4, 0.5) is 19.0 Å². The van der Waals surface area contributed by atoms with Gasteiger partial charge in [0.1, 0.15) is 11.6 Å². The van der Waals surface area contributed by atoms with E-state index in [2.05, 4.69) is 15.1 Å². The standard InChI is InChI=1S/C21H23F3N6O2S/c1-14-12-15(2)30(27-14)20-13-19(25-16(3)26-20)28-8-10-29(11-9-28)33(31,32)18-6-4-17(5-7-18)21(22,23)24/h4-7,12-13H,8-11H2,1-3H3. The van der Waals surface area contributed by atoms with Gasteiger partial charge in [0.15, 0.2) is 5.82 Å². The molecule has 0 atom stereocenters. The smallest absolute Gasteiger partial charge is 0.354 e. The van der Waals surface area contributed by atoms with Gasteiger partial charge in [-0.25, -0.2) is 23.1 Å². The molecule has 2 aromatic heterocycles. The van der Waals surface area contributed by atoms with Gasteiger partial charge in [0.05, 0.1) is 16.2 Å². The maximum Gasteiger partial charge on any atom is 0.416 e. The molecular formula is C21H23F3N6O2S. The van der Waals surface area contributed by atoms with Crippen molar-refractivity contribution in [2.75, 3.05) is 31.1 Å². The first-order valence-corrected chi connectivity index (χ1v) is 11.7. The minimum absolute atomic E-state index is 0.159. The summed E-state index contributed by atoms with van der Waals surface area (Å²) in [6.07, 6.45) is -4.52. The summed E-state index contributed by atoms with van der Waals surface area (Å²) in [5.74, 6) is 1.86. The van der Waals surface area contributed by atoms with Crippen LogP contribution in [0, 0.1) is 20.8 Å². The molecule has 3 aromatic rings. The molecule has 12 heteroatoms. The molecule has 176 valence electrons. The summed E-state index contributed by atoms with van der Waals surface area (Å²) >= 11 is 0. The number of aryl methyl sites for hydroxylation is 3. The van der Waals surface area contributed by atoms with Gasteiger partial charge in [0.25, 0.3) is 0 Å². The van der Waals surface area contributed by atoms with E-state index in [9.17, 15) is 21.6 Å². The van der Waals surface area contributed by atoms with Crippen molar-refractivity contribution < 1.29 is 21.6 Å². The fourth-order valence-electron chi connectivity index (χ4n) is 3.79. The van der Waals surface area contributed by atoms with Crippen LogP contribution in [0.25, 0.3) is 5.82 Å². The highest BCUT2D eigenvalue weighted by atomic mass is 32.2. The molecule has 1 aromatic carbocycles. The number of benzene rings is 1. The van der Waals surface area contributed by atoms with E-state index in [1.165, 1.54) is 4.31 Å². The first kappa shape index (κ1) is 23.2. The molecule has 0 N–H and O–H groups in total. The first-order chi connectivity index (χ1) is 15.4. The Morgan fingerprint density at radius 1 is 0.879 bits per heavy atom. The summed E-state index contributed by atoms with van der Waals surface area (Å²) in [6, 6.07) is 7.33. The molecule has 0 unspecified atom stereocenters. The first-order valence-electron chi connectivity index (χ1n) is 10.3. The molecule has 3 heterocycles. The fraction of sp³-hybridized carbons (Fsp3) is 0.381. The van der Waals surface area contributed by atoms with Crippen LogP contribution in [0.2, 0.25) is 0 Å². The van der Waals surface area contributed by atoms with E-state index < -0.39 is 21.8 Å². The number of halogens is 3. The quantitative estimate of drug-likeness (QED) is 0.571. The fourth-order valence-corrected chi connectivity index (χ4v) is 5.21. The molecule has 1 aliphatic heterocycles. The summed E-state index contributed by atoms with van der Waals surface area (Å²) in [4.78, 5) is 10.8. The van der Waals surface area contributed by atoms with E-state index in [4.69, 9.17) is 0 Å². The Labute approximate surface area is 189 Å². The van der Waals surface area contributed by atoms with E-state index in [-0.39, 0.29) is 18.0 Å². The van der Waals surface area contributed by atoms with Crippen LogP contribution >= 0.6 is 0 Å². The van der Waals surface area contributed by atoms with Crippen molar-refractivity contribution in [1.29, 1.82) is 0 Å². The third-order valence-corrected chi connectivity index (χ3v) is 7.33. The van der Waals surface area contributed by atoms with Crippen LogP contribution in [0.1, 0.15) is 22.8 Å². The highest BCUT2D eigenvalue weighted by molar-refractivity contribution is 7.89. The molecule has 0 radical (unpaired) electrons. The summed E-state index contributed by atoms with van der Waals surface area (Å²) in [5.41, 5.74) is 0.917. The van der Waals surface area contributed by atoms with Crippen molar-refractivity contribution in [2.45, 2.75) is 31.8 Å². The molecule has 8 nitrogen and oxygen atoms in total. The van der Waals surface area contributed by atoms with Crippen LogP contribution in [-0.2, 0) is 16.2 Å². The number of rotatable bonds is 4. The SMILES string of the molecule is Cc1cc(C)n(-c2cc(N3CCN(S(=O)(=O)c4ccc(C(F)(F)F)cc4)CC3)nc(C)n2)n1. The van der Waals surface area contributed by atoms with Crippen LogP contribution in [0.15, 0.2) is 41.3 Å². The van der Waals surface area contributed by atoms with Gasteiger partial charge < -0.3 is 4.90 Å². The third-order valence-electron chi connectivity index (χ3n) is 5.42. The number of nitrogens with zero attached hydrogens (tertiary/aromatic N) is 6. The van der Waals surface area contributed by atoms with E-state index in [1.807, 2.05) is 30.9 Å². The third kappa shape index (κ3) is 4.71. The zero-order valence-electron chi connectivity index (χ0n) is 18.3. The Kier molecular flexibility index (Phi) is 5.91. The molecular weight excluding hydrogens is 457 g/mol. The minimum atomic E-state index is -4.52. The second-order valence-electron chi connectivity index (χ2n) is 7.88. The number of piperazine rings is 1. The van der Waals surface area contributed by atoms with Gasteiger partial charge in [-0.1, -0.05) is 0 Å². The topological polar surface area (TPSA) is 84.2 Å². The molecule has 1 saturated heterocycles. The van der Waals surface area contributed by atoms with Crippen molar-refractivity contribution >= 4 is 15.8 Å². The van der Waals surface area contributed by atoms with Gasteiger partial charge in [0.2, 0.25) is 10.0 Å². The van der Waals surface area contributed by atoms with Crippen LogP contribution in [0.5, 0.6) is 0 Å². The van der Waals surface area contributed by atoms with Crippen LogP contribution in [0.3, 0.4) is 0 Å². The Morgan fingerprint density at radius 3 is 2.03 bits per heavy atom. The van der Waals surface area contributed by atoms with E-state index in [0.717, 1.165) is 35.7 Å². The van der Waals surface area contributed by atoms with Gasteiger partial charge >= 0.3 is 6.18 Å². The predicted octanol–water partition coefficient (Wildman–Crippen LogP) is 3.12. The largest absolute Gasteiger partial charge is 0.416 e. The highest BCUT2D eigenvalue weighted by Crippen LogP contribution is 2.30. The van der Waals surface area contributed by atoms with Gasteiger partial charge in [-0.3, -0.25) is 0 Å². The van der Waals surface area contributed by atoms with Gasteiger partial charge in [-0.15, -0.1) is 0 Å². The lowest BCUT2D eigenvalue weighted by Crippen LogP contribution is -2.49. The number of anilines is 1. The van der Waals surface area contributed by atoms with Crippen molar-refractivity contribution in [1.82, 2.24) is 24.1 Å². The Bertz CT molecular complexity index is 1260. The normalized spacial score (nSPS) is 15.8. The Balaban J connectivity index is 1.50. The second-order valence-corrected chi connectivity index (χ2v) is 9.82. The predicted molar refractivity (Wildman–Crippen MR) is 116 cm³/mol. The number of sulfonamides is 1. The van der Waals surface area contributed by atoms with E-state index >= 15 is 0 Å². The number of hydrogen-bond donors (Lipinski definition) is 0. The van der Waals surface area contributed by atoms with E-state index in [0.29, 0.717) is 30.5 Å². The van der Waals surface area contributed by atoms with Crippen LogP contribution < -0.4 is 4.90 Å². The molecule has 4 rings (SSSR count). The summed E-state index contributed by atoms with van der Waals surface area (Å²) in [7, 11) is -3.90. The van der Waals surface area contributed by atoms with Crippen LogP contribution in [-0.4, -0.2) is 58.7 Å². The number of aromatic nitrogens is 4. The summed E-state index contributed by atoms with van der Waals surface area (Å²) < 4.78 is 67.2. The molecule has 0 spiro atoms. The average Bonchev–Trinajstić information content (AvgIpc) is 3.11. The molecule has 33 heavy (non-hydrogen) atoms. The highest BCUT2D eigenvalue weighted by Gasteiger charge is 2.33. The van der Waals surface area contributed by atoms with Crippen molar-refractivity contribution in [2.24, 2.45) is 0 Å². The summed E-state index contributed by atoms with van der Waals surface area (Å²) in [6.45, 7) is 6.74. The lowest BCUT2D eigenvalue weighted by Gasteiger charge is -2.34. The number of hydrogen-bond acceptors (Lipinski definition) is 6. The molecule has 0 amide bonds. The van der Waals surface area contributed by atoms with Crippen molar-refractivity contribution in [3.05, 3.63) is 59.2 Å². The molecule has 0 bridgehead atoms. The lowest BCUT2D eigenvalue weighted by molar-refractivity contribution is -0.137. The zero-order chi connectivity index (χ0) is 24.0. The van der Waals surface area contributed by atoms with Gasteiger partial charge in [-0.05, 0) is 51.1 Å². The summed E-state index contributed by atoms with van der Waals surface area (Å²) in [5, 5.41) is 4.46. The minimum Gasteiger partial charge on any atom is -0.354 e. The lowest BCUT2D eigenvalue weighted by atomic mass is 10.2. The molecule has 1 fully saturated rings. The monoisotopic (exact) mass is 480 g/mol.